The van der Waals surface area contributed by atoms with Crippen LogP contribution in [0, 0.1) is 5.92 Å². The van der Waals surface area contributed by atoms with E-state index in [4.69, 9.17) is 5.73 Å². The average molecular weight is 257 g/mol. The van der Waals surface area contributed by atoms with Crippen LogP contribution in [0.3, 0.4) is 0 Å². The van der Waals surface area contributed by atoms with Crippen molar-refractivity contribution < 1.29 is 14.6 Å². The van der Waals surface area contributed by atoms with Gasteiger partial charge in [-0.1, -0.05) is 32.0 Å². The third-order valence-electron chi connectivity index (χ3n) is 2.61. The largest absolute Gasteiger partial charge is 0.381 e. The number of nitrogens with two attached hydrogens (primary N) is 1. The Hall–Kier alpha value is -0.670. The number of benzene rings is 1. The molecule has 0 spiro atoms. The maximum Gasteiger partial charge on any atom is 0.258 e. The molecule has 0 bridgehead atoms. The smallest absolute Gasteiger partial charge is 0.258 e. The van der Waals surface area contributed by atoms with Gasteiger partial charge >= 0.3 is 0 Å². The lowest BCUT2D eigenvalue weighted by Gasteiger charge is -2.25. The van der Waals surface area contributed by atoms with Crippen LogP contribution < -0.4 is 11.0 Å². The molecule has 1 aromatic carbocycles. The Labute approximate surface area is 102 Å². The fourth-order valence-corrected chi connectivity index (χ4v) is 3.27. The van der Waals surface area contributed by atoms with Crippen molar-refractivity contribution in [1.82, 2.24) is 0 Å². The van der Waals surface area contributed by atoms with Gasteiger partial charge in [0.25, 0.3) is 7.37 Å². The normalized spacial score (nSPS) is 18.7. The average Bonchev–Trinajstić information content (AvgIpc) is 2.28. The lowest BCUT2D eigenvalue weighted by atomic mass is 10.1. The van der Waals surface area contributed by atoms with E-state index in [0.29, 0.717) is 6.42 Å². The van der Waals surface area contributed by atoms with Crippen molar-refractivity contribution in [2.24, 2.45) is 11.7 Å². The summed E-state index contributed by atoms with van der Waals surface area (Å²) in [5.74, 6) is -1.14. The Morgan fingerprint density at radius 3 is 2.29 bits per heavy atom. The van der Waals surface area contributed by atoms with Crippen molar-refractivity contribution in [3.63, 3.8) is 0 Å². The van der Waals surface area contributed by atoms with Gasteiger partial charge in [-0.25, -0.2) is 0 Å². The van der Waals surface area contributed by atoms with Gasteiger partial charge in [-0.2, -0.15) is 0 Å². The van der Waals surface area contributed by atoms with Crippen LogP contribution in [0.4, 0.5) is 0 Å². The maximum atomic E-state index is 12.2. The first-order chi connectivity index (χ1) is 7.85. The van der Waals surface area contributed by atoms with Gasteiger partial charge in [0.2, 0.25) is 0 Å². The zero-order valence-corrected chi connectivity index (χ0v) is 11.0. The topological polar surface area (TPSA) is 83.5 Å². The number of rotatable bonds is 5. The van der Waals surface area contributed by atoms with Gasteiger partial charge in [0.15, 0.2) is 0 Å². The standard InChI is InChI=1S/C12H20NO3P/c1-9(2)8-11(13)12(14)17(15,16)10-6-4-3-5-7-10/h3-7,9,11-12,14H,8,13H2,1-2H3,(H,15,16). The van der Waals surface area contributed by atoms with Crippen LogP contribution in [0.2, 0.25) is 0 Å². The summed E-state index contributed by atoms with van der Waals surface area (Å²) in [5.41, 5.74) is 5.76. The highest BCUT2D eigenvalue weighted by molar-refractivity contribution is 7.66. The highest BCUT2D eigenvalue weighted by atomic mass is 31.2. The van der Waals surface area contributed by atoms with E-state index in [1.807, 2.05) is 13.8 Å². The van der Waals surface area contributed by atoms with Crippen LogP contribution >= 0.6 is 7.37 Å². The van der Waals surface area contributed by atoms with E-state index < -0.39 is 19.3 Å². The summed E-state index contributed by atoms with van der Waals surface area (Å²) in [7, 11) is -3.82. The highest BCUT2D eigenvalue weighted by Gasteiger charge is 2.35. The Morgan fingerprint density at radius 2 is 1.82 bits per heavy atom. The van der Waals surface area contributed by atoms with Crippen LogP contribution in [0.25, 0.3) is 0 Å². The lowest BCUT2D eigenvalue weighted by Crippen LogP contribution is -2.37. The Balaban J connectivity index is 2.87. The highest BCUT2D eigenvalue weighted by Crippen LogP contribution is 2.45. The van der Waals surface area contributed by atoms with E-state index in [2.05, 4.69) is 0 Å². The first-order valence-electron chi connectivity index (χ1n) is 5.67. The van der Waals surface area contributed by atoms with Crippen molar-refractivity contribution in [2.45, 2.75) is 32.2 Å². The van der Waals surface area contributed by atoms with E-state index in [1.165, 1.54) is 12.1 Å². The Bertz CT molecular complexity index is 394. The molecule has 5 heteroatoms. The van der Waals surface area contributed by atoms with Crippen LogP contribution in [0.1, 0.15) is 20.3 Å². The SMILES string of the molecule is CC(C)CC(N)C(O)P(=O)(O)c1ccccc1. The second kappa shape index (κ2) is 5.78. The van der Waals surface area contributed by atoms with Gasteiger partial charge in [0.1, 0.15) is 5.85 Å². The molecule has 0 aromatic heterocycles. The molecule has 4 N–H and O–H groups in total. The molecule has 0 aliphatic carbocycles. The number of aliphatic hydroxyl groups excluding tert-OH is 1. The molecule has 0 saturated carbocycles. The second-order valence-electron chi connectivity index (χ2n) is 4.67. The molecule has 1 rings (SSSR count). The zero-order chi connectivity index (χ0) is 13.1. The van der Waals surface area contributed by atoms with E-state index in [9.17, 15) is 14.6 Å². The predicted octanol–water partition coefficient (Wildman–Crippen LogP) is 1.27. The Morgan fingerprint density at radius 1 is 1.29 bits per heavy atom. The summed E-state index contributed by atoms with van der Waals surface area (Å²) in [6, 6.07) is 7.46. The van der Waals surface area contributed by atoms with Gasteiger partial charge in [0.05, 0.1) is 0 Å². The van der Waals surface area contributed by atoms with E-state index in [1.54, 1.807) is 18.2 Å². The zero-order valence-electron chi connectivity index (χ0n) is 10.2. The quantitative estimate of drug-likeness (QED) is 0.694. The van der Waals surface area contributed by atoms with Crippen molar-refractivity contribution in [1.29, 1.82) is 0 Å². The first kappa shape index (κ1) is 14.4. The molecular formula is C12H20NO3P. The molecule has 0 heterocycles. The number of aliphatic hydroxyl groups is 1. The molecule has 0 aliphatic rings. The van der Waals surface area contributed by atoms with E-state index in [0.717, 1.165) is 0 Å². The number of hydrogen-bond donors (Lipinski definition) is 3. The minimum atomic E-state index is -3.82. The maximum absolute atomic E-state index is 12.2. The third-order valence-corrected chi connectivity index (χ3v) is 4.75. The van der Waals surface area contributed by atoms with Gasteiger partial charge in [-0.3, -0.25) is 4.57 Å². The molecule has 96 valence electrons. The predicted molar refractivity (Wildman–Crippen MR) is 69.3 cm³/mol. The van der Waals surface area contributed by atoms with Crippen molar-refractivity contribution in [3.8, 4) is 0 Å². The van der Waals surface area contributed by atoms with Gasteiger partial charge in [-0.05, 0) is 24.5 Å². The molecule has 0 fully saturated rings. The van der Waals surface area contributed by atoms with Crippen molar-refractivity contribution in [3.05, 3.63) is 30.3 Å². The first-order valence-corrected chi connectivity index (χ1v) is 7.40. The summed E-state index contributed by atoms with van der Waals surface area (Å²) in [6.07, 6.45) is 0.512. The summed E-state index contributed by atoms with van der Waals surface area (Å²) < 4.78 is 12.2. The van der Waals surface area contributed by atoms with Crippen LogP contribution in [-0.2, 0) is 4.57 Å². The third kappa shape index (κ3) is 3.65. The van der Waals surface area contributed by atoms with E-state index >= 15 is 0 Å². The molecule has 0 radical (unpaired) electrons. The van der Waals surface area contributed by atoms with Crippen LogP contribution in [0.15, 0.2) is 30.3 Å². The lowest BCUT2D eigenvalue weighted by molar-refractivity contribution is 0.191. The fraction of sp³-hybridized carbons (Fsp3) is 0.500. The molecule has 0 amide bonds. The summed E-state index contributed by atoms with van der Waals surface area (Å²) in [6.45, 7) is 3.91. The molecule has 3 atom stereocenters. The molecule has 17 heavy (non-hydrogen) atoms. The summed E-state index contributed by atoms with van der Waals surface area (Å²) in [5, 5.41) is 10.2. The van der Waals surface area contributed by atoms with Crippen LogP contribution in [-0.4, -0.2) is 21.9 Å². The molecule has 3 unspecified atom stereocenters. The van der Waals surface area contributed by atoms with E-state index in [-0.39, 0.29) is 11.2 Å². The summed E-state index contributed by atoms with van der Waals surface area (Å²) in [4.78, 5) is 9.96. The van der Waals surface area contributed by atoms with Gasteiger partial charge in [-0.15, -0.1) is 0 Å². The molecular weight excluding hydrogens is 237 g/mol. The molecule has 1 aromatic rings. The van der Waals surface area contributed by atoms with Crippen molar-refractivity contribution in [2.75, 3.05) is 0 Å². The number of hydrogen-bond acceptors (Lipinski definition) is 3. The Kier molecular flexibility index (Phi) is 4.90. The minimum Gasteiger partial charge on any atom is -0.381 e. The minimum absolute atomic E-state index is 0.242. The van der Waals surface area contributed by atoms with Gasteiger partial charge < -0.3 is 15.7 Å². The van der Waals surface area contributed by atoms with Crippen molar-refractivity contribution >= 4 is 12.7 Å². The monoisotopic (exact) mass is 257 g/mol. The second-order valence-corrected chi connectivity index (χ2v) is 6.96. The van der Waals surface area contributed by atoms with Gasteiger partial charge in [0, 0.05) is 11.3 Å². The molecule has 4 nitrogen and oxygen atoms in total. The fourth-order valence-electron chi connectivity index (χ4n) is 1.72. The summed E-state index contributed by atoms with van der Waals surface area (Å²) >= 11 is 0. The molecule has 0 aliphatic heterocycles. The molecule has 0 saturated heterocycles. The van der Waals surface area contributed by atoms with Crippen LogP contribution in [0.5, 0.6) is 0 Å².